The van der Waals surface area contributed by atoms with Gasteiger partial charge in [0.1, 0.15) is 5.60 Å². The second kappa shape index (κ2) is 4.16. The SMILES string of the molecule is CC(C)(OC(=O)N1CCC1)c1ccccc1. The van der Waals surface area contributed by atoms with Crippen molar-refractivity contribution in [2.45, 2.75) is 25.9 Å². The Morgan fingerprint density at radius 3 is 2.38 bits per heavy atom. The smallest absolute Gasteiger partial charge is 0.410 e. The Bertz CT molecular complexity index is 369. The Kier molecular flexibility index (Phi) is 2.86. The van der Waals surface area contributed by atoms with E-state index < -0.39 is 5.60 Å². The second-order valence-corrected chi connectivity index (χ2v) is 4.58. The van der Waals surface area contributed by atoms with Gasteiger partial charge in [0.05, 0.1) is 0 Å². The number of carbonyl (C=O) groups is 1. The first-order valence-electron chi connectivity index (χ1n) is 5.63. The molecule has 2 rings (SSSR count). The van der Waals surface area contributed by atoms with Crippen LogP contribution in [0.15, 0.2) is 30.3 Å². The van der Waals surface area contributed by atoms with Crippen LogP contribution in [-0.2, 0) is 10.3 Å². The molecule has 0 N–H and O–H groups in total. The molecule has 0 saturated carbocycles. The molecule has 3 nitrogen and oxygen atoms in total. The van der Waals surface area contributed by atoms with Gasteiger partial charge in [0.25, 0.3) is 0 Å². The standard InChI is InChI=1S/C13H17NO2/c1-13(2,11-7-4-3-5-8-11)16-12(15)14-9-6-10-14/h3-5,7-8H,6,9-10H2,1-2H3. The Labute approximate surface area is 96.0 Å². The van der Waals surface area contributed by atoms with Crippen molar-refractivity contribution in [3.05, 3.63) is 35.9 Å². The minimum absolute atomic E-state index is 0.208. The zero-order valence-electron chi connectivity index (χ0n) is 9.77. The first-order chi connectivity index (χ1) is 7.59. The highest BCUT2D eigenvalue weighted by Crippen LogP contribution is 2.26. The van der Waals surface area contributed by atoms with Crippen molar-refractivity contribution in [2.24, 2.45) is 0 Å². The van der Waals surface area contributed by atoms with Crippen LogP contribution in [0.3, 0.4) is 0 Å². The monoisotopic (exact) mass is 219 g/mol. The van der Waals surface area contributed by atoms with Crippen molar-refractivity contribution in [1.29, 1.82) is 0 Å². The van der Waals surface area contributed by atoms with Gasteiger partial charge in [-0.3, -0.25) is 0 Å². The molecule has 0 atom stereocenters. The molecule has 1 aromatic carbocycles. The minimum Gasteiger partial charge on any atom is -0.438 e. The lowest BCUT2D eigenvalue weighted by Gasteiger charge is -2.34. The summed E-state index contributed by atoms with van der Waals surface area (Å²) in [5.74, 6) is 0. The molecule has 1 aliphatic heterocycles. The van der Waals surface area contributed by atoms with Crippen molar-refractivity contribution in [1.82, 2.24) is 4.90 Å². The average Bonchev–Trinajstić information content (AvgIpc) is 2.15. The third-order valence-corrected chi connectivity index (χ3v) is 2.93. The molecular weight excluding hydrogens is 202 g/mol. The second-order valence-electron chi connectivity index (χ2n) is 4.58. The van der Waals surface area contributed by atoms with Gasteiger partial charge < -0.3 is 9.64 Å². The number of rotatable bonds is 2. The highest BCUT2D eigenvalue weighted by atomic mass is 16.6. The molecule has 0 spiro atoms. The summed E-state index contributed by atoms with van der Waals surface area (Å²) in [4.78, 5) is 13.4. The number of ether oxygens (including phenoxy) is 1. The number of amides is 1. The lowest BCUT2D eigenvalue weighted by molar-refractivity contribution is 0.0000859. The molecule has 0 unspecified atom stereocenters. The molecule has 0 aromatic heterocycles. The van der Waals surface area contributed by atoms with Crippen LogP contribution in [0.5, 0.6) is 0 Å². The fraction of sp³-hybridized carbons (Fsp3) is 0.462. The molecule has 1 fully saturated rings. The largest absolute Gasteiger partial charge is 0.438 e. The Hall–Kier alpha value is -1.51. The van der Waals surface area contributed by atoms with Crippen LogP contribution in [-0.4, -0.2) is 24.1 Å². The van der Waals surface area contributed by atoms with Crippen LogP contribution >= 0.6 is 0 Å². The van der Waals surface area contributed by atoms with Gasteiger partial charge in [0.2, 0.25) is 0 Å². The predicted octanol–water partition coefficient (Wildman–Crippen LogP) is 2.76. The third-order valence-electron chi connectivity index (χ3n) is 2.93. The minimum atomic E-state index is -0.562. The van der Waals surface area contributed by atoms with Crippen LogP contribution < -0.4 is 0 Å². The topological polar surface area (TPSA) is 29.5 Å². The number of carbonyl (C=O) groups excluding carboxylic acids is 1. The van der Waals surface area contributed by atoms with E-state index in [2.05, 4.69) is 0 Å². The lowest BCUT2D eigenvalue weighted by Crippen LogP contribution is -2.44. The van der Waals surface area contributed by atoms with Crippen molar-refractivity contribution in [2.75, 3.05) is 13.1 Å². The predicted molar refractivity (Wildman–Crippen MR) is 62.1 cm³/mol. The number of hydrogen-bond acceptors (Lipinski definition) is 2. The summed E-state index contributed by atoms with van der Waals surface area (Å²) in [5, 5.41) is 0. The summed E-state index contributed by atoms with van der Waals surface area (Å²) >= 11 is 0. The highest BCUT2D eigenvalue weighted by Gasteiger charge is 2.30. The highest BCUT2D eigenvalue weighted by molar-refractivity contribution is 5.69. The van der Waals surface area contributed by atoms with Crippen molar-refractivity contribution >= 4 is 6.09 Å². The molecular formula is C13H17NO2. The molecule has 0 radical (unpaired) electrons. The normalized spacial score (nSPS) is 15.5. The molecule has 0 bridgehead atoms. The Morgan fingerprint density at radius 1 is 1.25 bits per heavy atom. The van der Waals surface area contributed by atoms with E-state index in [1.54, 1.807) is 4.90 Å². The van der Waals surface area contributed by atoms with Crippen LogP contribution in [0.25, 0.3) is 0 Å². The fourth-order valence-electron chi connectivity index (χ4n) is 1.68. The van der Waals surface area contributed by atoms with Crippen molar-refractivity contribution in [3.63, 3.8) is 0 Å². The van der Waals surface area contributed by atoms with Crippen LogP contribution in [0.4, 0.5) is 4.79 Å². The molecule has 3 heteroatoms. The number of likely N-dealkylation sites (tertiary alicyclic amines) is 1. The van der Waals surface area contributed by atoms with E-state index in [-0.39, 0.29) is 6.09 Å². The van der Waals surface area contributed by atoms with Gasteiger partial charge in [-0.05, 0) is 25.8 Å². The van der Waals surface area contributed by atoms with Crippen LogP contribution in [0.1, 0.15) is 25.8 Å². The van der Waals surface area contributed by atoms with Gasteiger partial charge in [0, 0.05) is 13.1 Å². The first-order valence-corrected chi connectivity index (χ1v) is 5.63. The maximum atomic E-state index is 11.7. The summed E-state index contributed by atoms with van der Waals surface area (Å²) in [6.07, 6.45) is 0.876. The molecule has 1 heterocycles. The molecule has 1 aliphatic rings. The van der Waals surface area contributed by atoms with E-state index in [9.17, 15) is 4.79 Å². The van der Waals surface area contributed by atoms with E-state index >= 15 is 0 Å². The molecule has 1 amide bonds. The first kappa shape index (κ1) is 11.0. The summed E-state index contributed by atoms with van der Waals surface area (Å²) in [6.45, 7) is 5.48. The third kappa shape index (κ3) is 2.18. The maximum Gasteiger partial charge on any atom is 0.410 e. The van der Waals surface area contributed by atoms with Crippen LogP contribution in [0.2, 0.25) is 0 Å². The number of hydrogen-bond donors (Lipinski definition) is 0. The van der Waals surface area contributed by atoms with Gasteiger partial charge in [0.15, 0.2) is 0 Å². The van der Waals surface area contributed by atoms with Gasteiger partial charge in [-0.2, -0.15) is 0 Å². The summed E-state index contributed by atoms with van der Waals surface area (Å²) in [5.41, 5.74) is 0.456. The average molecular weight is 219 g/mol. The zero-order valence-corrected chi connectivity index (χ0v) is 9.77. The molecule has 1 saturated heterocycles. The summed E-state index contributed by atoms with van der Waals surface area (Å²) in [7, 11) is 0. The summed E-state index contributed by atoms with van der Waals surface area (Å²) < 4.78 is 5.51. The van der Waals surface area contributed by atoms with Gasteiger partial charge in [-0.15, -0.1) is 0 Å². The maximum absolute atomic E-state index is 11.7. The number of benzene rings is 1. The van der Waals surface area contributed by atoms with Gasteiger partial charge >= 0.3 is 6.09 Å². The molecule has 16 heavy (non-hydrogen) atoms. The van der Waals surface area contributed by atoms with E-state index in [1.165, 1.54) is 0 Å². The molecule has 1 aromatic rings. The van der Waals surface area contributed by atoms with Crippen LogP contribution in [0, 0.1) is 0 Å². The Balaban J connectivity index is 2.04. The summed E-state index contributed by atoms with van der Waals surface area (Å²) in [6, 6.07) is 9.81. The van der Waals surface area contributed by atoms with Gasteiger partial charge in [-0.25, -0.2) is 4.79 Å². The van der Waals surface area contributed by atoms with E-state index in [0.29, 0.717) is 0 Å². The van der Waals surface area contributed by atoms with Crippen molar-refractivity contribution in [3.8, 4) is 0 Å². The van der Waals surface area contributed by atoms with E-state index in [4.69, 9.17) is 4.74 Å². The van der Waals surface area contributed by atoms with E-state index in [0.717, 1.165) is 25.1 Å². The lowest BCUT2D eigenvalue weighted by atomic mass is 9.98. The molecule has 0 aliphatic carbocycles. The fourth-order valence-corrected chi connectivity index (χ4v) is 1.68. The van der Waals surface area contributed by atoms with Gasteiger partial charge in [-0.1, -0.05) is 30.3 Å². The van der Waals surface area contributed by atoms with Crippen molar-refractivity contribution < 1.29 is 9.53 Å². The molecule has 86 valence electrons. The number of nitrogens with zero attached hydrogens (tertiary/aromatic N) is 1. The quantitative estimate of drug-likeness (QED) is 0.765. The zero-order chi connectivity index (χ0) is 11.6. The van der Waals surface area contributed by atoms with E-state index in [1.807, 2.05) is 44.2 Å². The Morgan fingerprint density at radius 2 is 1.88 bits per heavy atom.